The first-order chi connectivity index (χ1) is 11.6. The molecule has 24 heavy (non-hydrogen) atoms. The average Bonchev–Trinajstić information content (AvgIpc) is 2.57. The Morgan fingerprint density at radius 2 is 1.96 bits per heavy atom. The number of hydrogen-bond donors (Lipinski definition) is 3. The van der Waals surface area contributed by atoms with Gasteiger partial charge >= 0.3 is 6.03 Å². The third-order valence-electron chi connectivity index (χ3n) is 3.37. The van der Waals surface area contributed by atoms with Crippen molar-refractivity contribution in [3.63, 3.8) is 0 Å². The van der Waals surface area contributed by atoms with E-state index in [1.165, 1.54) is 6.07 Å². The van der Waals surface area contributed by atoms with Crippen molar-refractivity contribution >= 4 is 11.7 Å². The van der Waals surface area contributed by atoms with Crippen LogP contribution in [0.25, 0.3) is 0 Å². The van der Waals surface area contributed by atoms with E-state index >= 15 is 0 Å². The minimum Gasteiger partial charge on any atom is -0.394 e. The molecule has 0 aromatic heterocycles. The lowest BCUT2D eigenvalue weighted by Gasteiger charge is -2.09. The third kappa shape index (κ3) is 5.64. The Labute approximate surface area is 140 Å². The number of nitrogens with one attached hydrogen (secondary N) is 2. The third-order valence-corrected chi connectivity index (χ3v) is 3.37. The average molecular weight is 332 g/mol. The summed E-state index contributed by atoms with van der Waals surface area (Å²) in [4.78, 5) is 11.8. The zero-order valence-corrected chi connectivity index (χ0v) is 13.5. The smallest absolute Gasteiger partial charge is 0.319 e. The van der Waals surface area contributed by atoms with E-state index in [9.17, 15) is 9.18 Å². The van der Waals surface area contributed by atoms with Gasteiger partial charge in [0.05, 0.1) is 19.8 Å². The molecule has 0 saturated carbocycles. The molecule has 0 saturated heterocycles. The van der Waals surface area contributed by atoms with Crippen LogP contribution in [0.3, 0.4) is 0 Å². The number of ether oxygens (including phenoxy) is 1. The van der Waals surface area contributed by atoms with Crippen LogP contribution in [-0.4, -0.2) is 24.4 Å². The van der Waals surface area contributed by atoms with Gasteiger partial charge in [0.15, 0.2) is 0 Å². The first kappa shape index (κ1) is 17.9. The van der Waals surface area contributed by atoms with Crippen molar-refractivity contribution in [3.8, 4) is 0 Å². The number of hydrogen-bond acceptors (Lipinski definition) is 3. The van der Waals surface area contributed by atoms with Gasteiger partial charge in [0.1, 0.15) is 5.82 Å². The topological polar surface area (TPSA) is 70.6 Å². The molecule has 128 valence electrons. The summed E-state index contributed by atoms with van der Waals surface area (Å²) in [5, 5.41) is 14.0. The highest BCUT2D eigenvalue weighted by molar-refractivity contribution is 5.89. The number of carbonyl (C=O) groups excluding carboxylic acids is 1. The molecule has 2 aromatic rings. The Morgan fingerprint density at radius 3 is 2.62 bits per heavy atom. The molecular formula is C18H21FN2O3. The molecule has 2 aromatic carbocycles. The number of benzene rings is 2. The zero-order chi connectivity index (χ0) is 17.4. The van der Waals surface area contributed by atoms with Crippen LogP contribution in [-0.2, 0) is 17.9 Å². The Hall–Kier alpha value is -2.44. The van der Waals surface area contributed by atoms with E-state index in [4.69, 9.17) is 9.84 Å². The van der Waals surface area contributed by atoms with Crippen molar-refractivity contribution in [2.45, 2.75) is 20.1 Å². The van der Waals surface area contributed by atoms with E-state index < -0.39 is 5.82 Å². The standard InChI is InChI=1S/C18H21FN2O3/c1-13-2-6-16(7-3-13)21-18(23)20-11-14-4-5-15(17(19)10-14)12-24-9-8-22/h2-7,10,22H,8-9,11-12H2,1H3,(H2,20,21,23). The van der Waals surface area contributed by atoms with Crippen molar-refractivity contribution in [2.75, 3.05) is 18.5 Å². The number of carbonyl (C=O) groups is 1. The molecule has 0 fully saturated rings. The first-order valence-corrected chi connectivity index (χ1v) is 7.66. The number of aliphatic hydroxyl groups excluding tert-OH is 1. The van der Waals surface area contributed by atoms with Crippen molar-refractivity contribution < 1.29 is 19.0 Å². The van der Waals surface area contributed by atoms with Gasteiger partial charge in [0.25, 0.3) is 0 Å². The molecule has 0 bridgehead atoms. The summed E-state index contributed by atoms with van der Waals surface area (Å²) in [6, 6.07) is 11.8. The van der Waals surface area contributed by atoms with E-state index in [-0.39, 0.29) is 32.4 Å². The molecule has 5 nitrogen and oxygen atoms in total. The van der Waals surface area contributed by atoms with E-state index in [0.29, 0.717) is 16.8 Å². The van der Waals surface area contributed by atoms with Crippen molar-refractivity contribution in [2.24, 2.45) is 0 Å². The monoisotopic (exact) mass is 332 g/mol. The number of aliphatic hydroxyl groups is 1. The van der Waals surface area contributed by atoms with Gasteiger partial charge in [0.2, 0.25) is 0 Å². The highest BCUT2D eigenvalue weighted by Gasteiger charge is 2.06. The van der Waals surface area contributed by atoms with Crippen LogP contribution < -0.4 is 10.6 Å². The van der Waals surface area contributed by atoms with Gasteiger partial charge in [-0.05, 0) is 30.7 Å². The maximum Gasteiger partial charge on any atom is 0.319 e. The highest BCUT2D eigenvalue weighted by Crippen LogP contribution is 2.12. The molecule has 0 spiro atoms. The SMILES string of the molecule is Cc1ccc(NC(=O)NCc2ccc(COCCO)c(F)c2)cc1. The highest BCUT2D eigenvalue weighted by atomic mass is 19.1. The Bertz CT molecular complexity index is 674. The molecule has 0 aliphatic carbocycles. The number of aryl methyl sites for hydroxylation is 1. The van der Waals surface area contributed by atoms with Crippen molar-refractivity contribution in [3.05, 3.63) is 65.0 Å². The molecule has 2 amide bonds. The number of urea groups is 1. The quantitative estimate of drug-likeness (QED) is 0.683. The molecule has 3 N–H and O–H groups in total. The van der Waals surface area contributed by atoms with E-state index in [1.807, 2.05) is 31.2 Å². The van der Waals surface area contributed by atoms with E-state index in [0.717, 1.165) is 5.56 Å². The fraction of sp³-hybridized carbons (Fsp3) is 0.278. The fourth-order valence-electron chi connectivity index (χ4n) is 2.06. The minimum atomic E-state index is -0.397. The minimum absolute atomic E-state index is 0.0975. The first-order valence-electron chi connectivity index (χ1n) is 7.66. The van der Waals surface area contributed by atoms with E-state index in [1.54, 1.807) is 12.1 Å². The van der Waals surface area contributed by atoms with Gasteiger partial charge in [-0.2, -0.15) is 0 Å². The lowest BCUT2D eigenvalue weighted by atomic mass is 10.1. The predicted octanol–water partition coefficient (Wildman–Crippen LogP) is 2.96. The van der Waals surface area contributed by atoms with Crippen LogP contribution in [0.5, 0.6) is 0 Å². The Kier molecular flexibility index (Phi) is 6.72. The van der Waals surface area contributed by atoms with Gasteiger partial charge in [-0.25, -0.2) is 9.18 Å². The molecule has 0 unspecified atom stereocenters. The second kappa shape index (κ2) is 9.00. The van der Waals surface area contributed by atoms with Crippen LogP contribution in [0.15, 0.2) is 42.5 Å². The van der Waals surface area contributed by atoms with Crippen molar-refractivity contribution in [1.29, 1.82) is 0 Å². The van der Waals surface area contributed by atoms with Gasteiger partial charge in [-0.3, -0.25) is 0 Å². The second-order valence-corrected chi connectivity index (χ2v) is 5.38. The number of amides is 2. The predicted molar refractivity (Wildman–Crippen MR) is 90.2 cm³/mol. The Morgan fingerprint density at radius 1 is 1.21 bits per heavy atom. The summed E-state index contributed by atoms with van der Waals surface area (Å²) in [5.41, 5.74) is 2.87. The lowest BCUT2D eigenvalue weighted by molar-refractivity contribution is 0.0799. The number of anilines is 1. The molecule has 2 rings (SSSR count). The van der Waals surface area contributed by atoms with Crippen LogP contribution >= 0.6 is 0 Å². The molecule has 0 radical (unpaired) electrons. The second-order valence-electron chi connectivity index (χ2n) is 5.38. The van der Waals surface area contributed by atoms with Crippen molar-refractivity contribution in [1.82, 2.24) is 5.32 Å². The van der Waals surface area contributed by atoms with Gasteiger partial charge in [-0.15, -0.1) is 0 Å². The molecule has 0 heterocycles. The molecular weight excluding hydrogens is 311 g/mol. The molecule has 0 aliphatic heterocycles. The number of halogens is 1. The summed E-state index contributed by atoms with van der Waals surface area (Å²) < 4.78 is 19.0. The zero-order valence-electron chi connectivity index (χ0n) is 13.5. The maximum atomic E-state index is 13.9. The molecule has 0 aliphatic rings. The van der Waals surface area contributed by atoms with Gasteiger partial charge < -0.3 is 20.5 Å². The molecule has 0 atom stereocenters. The summed E-state index contributed by atoms with van der Waals surface area (Å²) in [6.45, 7) is 2.36. The van der Waals surface area contributed by atoms with E-state index in [2.05, 4.69) is 10.6 Å². The van der Waals surface area contributed by atoms with Gasteiger partial charge in [0, 0.05) is 17.8 Å². The largest absolute Gasteiger partial charge is 0.394 e. The summed E-state index contributed by atoms with van der Waals surface area (Å²) >= 11 is 0. The summed E-state index contributed by atoms with van der Waals surface area (Å²) in [6.07, 6.45) is 0. The maximum absolute atomic E-state index is 13.9. The van der Waals surface area contributed by atoms with Crippen LogP contribution in [0.2, 0.25) is 0 Å². The van der Waals surface area contributed by atoms with Crippen LogP contribution in [0, 0.1) is 12.7 Å². The summed E-state index contributed by atoms with van der Waals surface area (Å²) in [7, 11) is 0. The normalized spacial score (nSPS) is 10.5. The fourth-order valence-corrected chi connectivity index (χ4v) is 2.06. The van der Waals surface area contributed by atoms with Crippen LogP contribution in [0.4, 0.5) is 14.9 Å². The summed E-state index contributed by atoms with van der Waals surface area (Å²) in [5.74, 6) is -0.397. The Balaban J connectivity index is 1.83. The van der Waals surface area contributed by atoms with Gasteiger partial charge in [-0.1, -0.05) is 29.8 Å². The lowest BCUT2D eigenvalue weighted by Crippen LogP contribution is -2.28. The molecule has 6 heteroatoms. The van der Waals surface area contributed by atoms with Crippen LogP contribution in [0.1, 0.15) is 16.7 Å². The number of rotatable bonds is 7.